The van der Waals surface area contributed by atoms with Crippen molar-refractivity contribution < 1.29 is 4.79 Å². The predicted molar refractivity (Wildman–Crippen MR) is 80.3 cm³/mol. The summed E-state index contributed by atoms with van der Waals surface area (Å²) < 4.78 is 1.87. The van der Waals surface area contributed by atoms with E-state index in [-0.39, 0.29) is 0 Å². The lowest BCUT2D eigenvalue weighted by molar-refractivity contribution is 0.112. The van der Waals surface area contributed by atoms with Crippen molar-refractivity contribution >= 4 is 23.7 Å². The first-order valence-electron chi connectivity index (χ1n) is 6.18. The van der Waals surface area contributed by atoms with Gasteiger partial charge in [-0.3, -0.25) is 9.20 Å². The number of aldehydes is 1. The van der Waals surface area contributed by atoms with Crippen LogP contribution >= 0.6 is 11.8 Å². The molecule has 0 atom stereocenters. The Hall–Kier alpha value is -2.14. The van der Waals surface area contributed by atoms with Gasteiger partial charge in [0.05, 0.1) is 5.56 Å². The van der Waals surface area contributed by atoms with E-state index in [1.807, 2.05) is 42.0 Å². The van der Waals surface area contributed by atoms with E-state index in [9.17, 15) is 4.79 Å². The zero-order valence-electron chi connectivity index (χ0n) is 11.2. The van der Waals surface area contributed by atoms with Gasteiger partial charge in [-0.1, -0.05) is 12.1 Å². The molecule has 0 bridgehead atoms. The molecule has 3 rings (SSSR count). The van der Waals surface area contributed by atoms with Gasteiger partial charge in [0.1, 0.15) is 0 Å². The SMILES string of the molecule is CSc1ccc(-c2nnc3c(C=O)cc(C)cn23)cc1. The number of nitrogens with zero attached hydrogens (tertiary/aromatic N) is 3. The fourth-order valence-electron chi connectivity index (χ4n) is 2.18. The van der Waals surface area contributed by atoms with Crippen molar-refractivity contribution in [3.05, 3.63) is 47.7 Å². The van der Waals surface area contributed by atoms with E-state index in [0.29, 0.717) is 11.2 Å². The first kappa shape index (κ1) is 12.9. The lowest BCUT2D eigenvalue weighted by atomic mass is 10.2. The zero-order chi connectivity index (χ0) is 14.1. The molecule has 0 fully saturated rings. The molecule has 2 aromatic heterocycles. The second kappa shape index (κ2) is 5.09. The summed E-state index contributed by atoms with van der Waals surface area (Å²) in [5, 5.41) is 8.34. The van der Waals surface area contributed by atoms with Gasteiger partial charge in [0.2, 0.25) is 0 Å². The van der Waals surface area contributed by atoms with E-state index in [1.165, 1.54) is 4.90 Å². The molecule has 0 radical (unpaired) electrons. The number of benzene rings is 1. The van der Waals surface area contributed by atoms with E-state index >= 15 is 0 Å². The fraction of sp³-hybridized carbons (Fsp3) is 0.133. The molecule has 4 nitrogen and oxygen atoms in total. The number of aryl methyl sites for hydroxylation is 1. The molecule has 0 unspecified atom stereocenters. The molecule has 3 aromatic rings. The topological polar surface area (TPSA) is 47.3 Å². The summed E-state index contributed by atoms with van der Waals surface area (Å²) in [6.45, 7) is 1.95. The number of carbonyl (C=O) groups excluding carboxylic acids is 1. The van der Waals surface area contributed by atoms with Gasteiger partial charge in [0.15, 0.2) is 17.8 Å². The van der Waals surface area contributed by atoms with Gasteiger partial charge in [0, 0.05) is 16.7 Å². The van der Waals surface area contributed by atoms with Crippen molar-refractivity contribution in [3.8, 4) is 11.4 Å². The molecule has 0 aliphatic carbocycles. The van der Waals surface area contributed by atoms with Gasteiger partial charge in [-0.15, -0.1) is 22.0 Å². The van der Waals surface area contributed by atoms with Gasteiger partial charge in [0.25, 0.3) is 0 Å². The molecule has 0 aliphatic heterocycles. The van der Waals surface area contributed by atoms with Gasteiger partial charge in [-0.05, 0) is 36.9 Å². The maximum Gasteiger partial charge on any atom is 0.171 e. The van der Waals surface area contributed by atoms with Gasteiger partial charge in [-0.2, -0.15) is 0 Å². The van der Waals surface area contributed by atoms with Crippen LogP contribution < -0.4 is 0 Å². The Bertz CT molecular complexity index is 778. The predicted octanol–water partition coefficient (Wildman–Crippen LogP) is 3.24. The van der Waals surface area contributed by atoms with Crippen LogP contribution in [0.1, 0.15) is 15.9 Å². The molecule has 0 aliphatic rings. The summed E-state index contributed by atoms with van der Waals surface area (Å²) in [6.07, 6.45) is 4.80. The van der Waals surface area contributed by atoms with Gasteiger partial charge < -0.3 is 0 Å². The zero-order valence-corrected chi connectivity index (χ0v) is 12.0. The number of aromatic nitrogens is 3. The largest absolute Gasteiger partial charge is 0.298 e. The minimum absolute atomic E-state index is 0.560. The maximum atomic E-state index is 11.1. The van der Waals surface area contributed by atoms with Crippen molar-refractivity contribution in [1.82, 2.24) is 14.6 Å². The van der Waals surface area contributed by atoms with E-state index in [2.05, 4.69) is 22.3 Å². The lowest BCUT2D eigenvalue weighted by Gasteiger charge is -2.03. The molecule has 1 aromatic carbocycles. The summed E-state index contributed by atoms with van der Waals surface area (Å²) in [6, 6.07) is 9.96. The van der Waals surface area contributed by atoms with Gasteiger partial charge >= 0.3 is 0 Å². The normalized spacial score (nSPS) is 10.9. The van der Waals surface area contributed by atoms with Crippen molar-refractivity contribution in [2.24, 2.45) is 0 Å². The molecule has 0 spiro atoms. The van der Waals surface area contributed by atoms with Crippen molar-refractivity contribution in [2.45, 2.75) is 11.8 Å². The molecule has 100 valence electrons. The third-order valence-electron chi connectivity index (χ3n) is 3.15. The number of thioether (sulfide) groups is 1. The highest BCUT2D eigenvalue weighted by Crippen LogP contribution is 2.23. The Morgan fingerprint density at radius 1 is 1.20 bits per heavy atom. The number of rotatable bonds is 3. The summed E-state index contributed by atoms with van der Waals surface area (Å²) in [4.78, 5) is 12.3. The standard InChI is InChI=1S/C15H13N3OS/c1-10-7-12(9-19)15-17-16-14(18(15)8-10)11-3-5-13(20-2)6-4-11/h3-9H,1-2H3. The molecule has 5 heteroatoms. The second-order valence-electron chi connectivity index (χ2n) is 4.54. The summed E-state index contributed by atoms with van der Waals surface area (Å²) >= 11 is 1.70. The van der Waals surface area contributed by atoms with Crippen molar-refractivity contribution in [1.29, 1.82) is 0 Å². The summed E-state index contributed by atoms with van der Waals surface area (Å²) in [7, 11) is 0. The highest BCUT2D eigenvalue weighted by Gasteiger charge is 2.11. The van der Waals surface area contributed by atoms with E-state index in [0.717, 1.165) is 23.2 Å². The van der Waals surface area contributed by atoms with E-state index in [1.54, 1.807) is 11.8 Å². The molecular formula is C15H13N3OS. The average Bonchev–Trinajstić information content (AvgIpc) is 2.90. The van der Waals surface area contributed by atoms with E-state index < -0.39 is 0 Å². The highest BCUT2D eigenvalue weighted by atomic mass is 32.2. The third kappa shape index (κ3) is 2.10. The quantitative estimate of drug-likeness (QED) is 0.547. The molecule has 2 heterocycles. The van der Waals surface area contributed by atoms with Crippen LogP contribution in [-0.2, 0) is 0 Å². The van der Waals surface area contributed by atoms with Crippen molar-refractivity contribution in [2.75, 3.05) is 6.26 Å². The molecule has 20 heavy (non-hydrogen) atoms. The Kier molecular flexibility index (Phi) is 3.28. The van der Waals surface area contributed by atoms with Crippen LogP contribution in [0.25, 0.3) is 17.0 Å². The third-order valence-corrected chi connectivity index (χ3v) is 3.89. The average molecular weight is 283 g/mol. The minimum atomic E-state index is 0.560. The van der Waals surface area contributed by atoms with E-state index in [4.69, 9.17) is 0 Å². The summed E-state index contributed by atoms with van der Waals surface area (Å²) in [5.41, 5.74) is 3.14. The van der Waals surface area contributed by atoms with Crippen LogP contribution in [0.5, 0.6) is 0 Å². The van der Waals surface area contributed by atoms with Crippen LogP contribution in [0, 0.1) is 6.92 Å². The lowest BCUT2D eigenvalue weighted by Crippen LogP contribution is -1.95. The fourth-order valence-corrected chi connectivity index (χ4v) is 2.59. The summed E-state index contributed by atoms with van der Waals surface area (Å²) in [5.74, 6) is 0.749. The number of carbonyl (C=O) groups is 1. The van der Waals surface area contributed by atoms with Crippen LogP contribution in [0.2, 0.25) is 0 Å². The molecular weight excluding hydrogens is 270 g/mol. The minimum Gasteiger partial charge on any atom is -0.298 e. The first-order valence-corrected chi connectivity index (χ1v) is 7.40. The second-order valence-corrected chi connectivity index (χ2v) is 5.42. The smallest absolute Gasteiger partial charge is 0.171 e. The number of hydrogen-bond donors (Lipinski definition) is 0. The van der Waals surface area contributed by atoms with Crippen LogP contribution in [-0.4, -0.2) is 27.1 Å². The maximum absolute atomic E-state index is 11.1. The molecule has 0 N–H and O–H groups in total. The van der Waals surface area contributed by atoms with Crippen LogP contribution in [0.15, 0.2) is 41.4 Å². The number of hydrogen-bond acceptors (Lipinski definition) is 4. The van der Waals surface area contributed by atoms with Gasteiger partial charge in [-0.25, -0.2) is 0 Å². The molecule has 0 amide bonds. The molecule has 0 saturated carbocycles. The van der Waals surface area contributed by atoms with Crippen LogP contribution in [0.3, 0.4) is 0 Å². The first-order chi connectivity index (χ1) is 9.72. The van der Waals surface area contributed by atoms with Crippen LogP contribution in [0.4, 0.5) is 0 Å². The Balaban J connectivity index is 2.20. The van der Waals surface area contributed by atoms with Crippen molar-refractivity contribution in [3.63, 3.8) is 0 Å². The Morgan fingerprint density at radius 3 is 2.60 bits per heavy atom. The Morgan fingerprint density at radius 2 is 1.95 bits per heavy atom. The monoisotopic (exact) mass is 283 g/mol. The molecule has 0 saturated heterocycles. The Labute approximate surface area is 120 Å². The highest BCUT2D eigenvalue weighted by molar-refractivity contribution is 7.98. The number of fused-ring (bicyclic) bond motifs is 1. The number of pyridine rings is 1.